The predicted octanol–water partition coefficient (Wildman–Crippen LogP) is 6.16. The molecule has 25 heavy (non-hydrogen) atoms. The Morgan fingerprint density at radius 1 is 0.800 bits per heavy atom. The van der Waals surface area contributed by atoms with Crippen LogP contribution >= 0.6 is 12.2 Å². The molecule has 0 N–H and O–H groups in total. The molecule has 0 aliphatic rings. The van der Waals surface area contributed by atoms with Crippen molar-refractivity contribution in [2.75, 3.05) is 20.7 Å². The summed E-state index contributed by atoms with van der Waals surface area (Å²) in [5.74, 6) is 0. The first-order chi connectivity index (χ1) is 12.2. The largest absolute Gasteiger partial charge is 0.304 e. The van der Waals surface area contributed by atoms with E-state index in [4.69, 9.17) is 4.18 Å². The van der Waals surface area contributed by atoms with E-state index in [0.29, 0.717) is 0 Å². The van der Waals surface area contributed by atoms with Crippen LogP contribution in [0.5, 0.6) is 0 Å². The average Bonchev–Trinajstić information content (AvgIpc) is 2.63. The van der Waals surface area contributed by atoms with Crippen LogP contribution in [0, 0.1) is 0 Å². The van der Waals surface area contributed by atoms with Crippen LogP contribution < -0.4 is 0 Å². The first-order valence-electron chi connectivity index (χ1n) is 9.33. The van der Waals surface area contributed by atoms with Gasteiger partial charge < -0.3 is 4.18 Å². The fourth-order valence-corrected chi connectivity index (χ4v) is 3.44. The highest BCUT2D eigenvalue weighted by Gasteiger charge is 2.02. The van der Waals surface area contributed by atoms with Gasteiger partial charge in [0.1, 0.15) is 0 Å². The molecule has 2 aromatic rings. The van der Waals surface area contributed by atoms with Gasteiger partial charge in [-0.05, 0) is 55.0 Å². The number of aryl methyl sites for hydroxylation is 2. The second-order valence-electron chi connectivity index (χ2n) is 6.55. The van der Waals surface area contributed by atoms with E-state index in [0.717, 1.165) is 19.4 Å². The Balaban J connectivity index is 1.84. The van der Waals surface area contributed by atoms with E-state index in [1.54, 1.807) is 7.11 Å². The highest BCUT2D eigenvalue weighted by atomic mass is 32.2. The monoisotopic (exact) mass is 357 g/mol. The number of unbranched alkanes of at least 4 members (excludes halogenated alkanes) is 2. The van der Waals surface area contributed by atoms with Crippen molar-refractivity contribution in [1.82, 2.24) is 4.31 Å². The van der Waals surface area contributed by atoms with Crippen LogP contribution in [0.2, 0.25) is 0 Å². The topological polar surface area (TPSA) is 12.5 Å². The Hall–Kier alpha value is -1.29. The minimum Gasteiger partial charge on any atom is -0.304 e. The van der Waals surface area contributed by atoms with Crippen molar-refractivity contribution in [3.8, 4) is 11.1 Å². The first kappa shape index (κ1) is 20.0. The summed E-state index contributed by atoms with van der Waals surface area (Å²) in [6, 6.07) is 18.1. The molecule has 0 aromatic heterocycles. The van der Waals surface area contributed by atoms with Crippen molar-refractivity contribution in [2.45, 2.75) is 45.4 Å². The van der Waals surface area contributed by atoms with Crippen molar-refractivity contribution in [1.29, 1.82) is 0 Å². The molecule has 0 radical (unpaired) electrons. The van der Waals surface area contributed by atoms with E-state index in [1.807, 2.05) is 0 Å². The highest BCUT2D eigenvalue weighted by Crippen LogP contribution is 2.21. The van der Waals surface area contributed by atoms with Gasteiger partial charge in [0, 0.05) is 6.54 Å². The summed E-state index contributed by atoms with van der Waals surface area (Å²) in [4.78, 5) is 0. The minimum atomic E-state index is 1.03. The quantitative estimate of drug-likeness (QED) is 0.271. The Bertz CT molecular complexity index is 594. The Kier molecular flexibility index (Phi) is 9.09. The third-order valence-corrected chi connectivity index (χ3v) is 5.04. The molecule has 0 bridgehead atoms. The lowest BCUT2D eigenvalue weighted by atomic mass is 9.99. The number of hydrogen-bond acceptors (Lipinski definition) is 3. The third kappa shape index (κ3) is 7.23. The van der Waals surface area contributed by atoms with Crippen LogP contribution in [0.4, 0.5) is 0 Å². The summed E-state index contributed by atoms with van der Waals surface area (Å²) in [5, 5.41) is 0. The number of nitrogens with zero attached hydrogens (tertiary/aromatic N) is 1. The molecular weight excluding hydrogens is 326 g/mol. The number of hydrogen-bond donors (Lipinski definition) is 0. The maximum absolute atomic E-state index is 5.05. The van der Waals surface area contributed by atoms with Gasteiger partial charge in [0.05, 0.1) is 19.3 Å². The van der Waals surface area contributed by atoms with Crippen LogP contribution in [0.3, 0.4) is 0 Å². The first-order valence-corrected chi connectivity index (χ1v) is 10.0. The fourth-order valence-electron chi connectivity index (χ4n) is 2.98. The lowest BCUT2D eigenvalue weighted by Gasteiger charge is -2.12. The van der Waals surface area contributed by atoms with Crippen LogP contribution in [0.25, 0.3) is 11.1 Å². The molecule has 0 fully saturated rings. The van der Waals surface area contributed by atoms with E-state index in [9.17, 15) is 0 Å². The molecule has 0 saturated heterocycles. The molecule has 0 saturated carbocycles. The maximum atomic E-state index is 5.05. The lowest BCUT2D eigenvalue weighted by molar-refractivity contribution is 0.431. The van der Waals surface area contributed by atoms with Crippen LogP contribution in [-0.4, -0.2) is 25.0 Å². The molecule has 0 aliphatic carbocycles. The molecule has 3 heteroatoms. The van der Waals surface area contributed by atoms with E-state index in [2.05, 4.69) is 66.8 Å². The Morgan fingerprint density at radius 2 is 1.32 bits per heavy atom. The minimum absolute atomic E-state index is 1.03. The summed E-state index contributed by atoms with van der Waals surface area (Å²) in [7, 11) is 3.76. The van der Waals surface area contributed by atoms with Gasteiger partial charge in [-0.15, -0.1) is 0 Å². The van der Waals surface area contributed by atoms with Gasteiger partial charge in [0.15, 0.2) is 0 Å². The highest BCUT2D eigenvalue weighted by molar-refractivity contribution is 7.92. The van der Waals surface area contributed by atoms with E-state index >= 15 is 0 Å². The van der Waals surface area contributed by atoms with E-state index in [-0.39, 0.29) is 0 Å². The molecule has 0 unspecified atom stereocenters. The average molecular weight is 358 g/mol. The maximum Gasteiger partial charge on any atom is 0.0813 e. The van der Waals surface area contributed by atoms with Crippen molar-refractivity contribution >= 4 is 12.2 Å². The second kappa shape index (κ2) is 11.3. The van der Waals surface area contributed by atoms with Crippen LogP contribution in [-0.2, 0) is 17.0 Å². The molecular formula is C22H31NOS. The van der Waals surface area contributed by atoms with E-state index in [1.165, 1.54) is 60.2 Å². The molecule has 0 spiro atoms. The van der Waals surface area contributed by atoms with Crippen molar-refractivity contribution < 1.29 is 4.18 Å². The predicted molar refractivity (Wildman–Crippen MR) is 111 cm³/mol. The van der Waals surface area contributed by atoms with Crippen molar-refractivity contribution in [2.24, 2.45) is 0 Å². The van der Waals surface area contributed by atoms with Crippen LogP contribution in [0.15, 0.2) is 48.5 Å². The van der Waals surface area contributed by atoms with Gasteiger partial charge in [-0.2, -0.15) is 0 Å². The number of benzene rings is 2. The standard InChI is InChI=1S/C22H31NOS/c1-4-5-6-8-19-10-14-21(15-11-19)22-16-12-20(13-17-22)9-7-18-23(2)25-24-3/h10-17H,4-9,18H2,1-3H3. The lowest BCUT2D eigenvalue weighted by Crippen LogP contribution is -2.11. The van der Waals surface area contributed by atoms with Gasteiger partial charge >= 0.3 is 0 Å². The Labute approximate surface area is 157 Å². The summed E-state index contributed by atoms with van der Waals surface area (Å²) in [5.41, 5.74) is 5.46. The fraction of sp³-hybridized carbons (Fsp3) is 0.455. The zero-order chi connectivity index (χ0) is 17.9. The Morgan fingerprint density at radius 3 is 1.80 bits per heavy atom. The molecule has 0 heterocycles. The molecule has 2 nitrogen and oxygen atoms in total. The zero-order valence-electron chi connectivity index (χ0n) is 15.8. The molecule has 0 aliphatic heterocycles. The summed E-state index contributed by atoms with van der Waals surface area (Å²) >= 11 is 1.41. The van der Waals surface area contributed by atoms with Gasteiger partial charge in [-0.1, -0.05) is 68.3 Å². The van der Waals surface area contributed by atoms with Crippen LogP contribution in [0.1, 0.15) is 43.7 Å². The SMILES string of the molecule is CCCCCc1ccc(-c2ccc(CCCN(C)SOC)cc2)cc1. The smallest absolute Gasteiger partial charge is 0.0813 e. The van der Waals surface area contributed by atoms with Gasteiger partial charge in [0.25, 0.3) is 0 Å². The summed E-state index contributed by atoms with van der Waals surface area (Å²) in [6.45, 7) is 3.28. The molecule has 2 aromatic carbocycles. The van der Waals surface area contributed by atoms with Gasteiger partial charge in [0.2, 0.25) is 0 Å². The van der Waals surface area contributed by atoms with Crippen molar-refractivity contribution in [3.05, 3.63) is 59.7 Å². The van der Waals surface area contributed by atoms with Gasteiger partial charge in [-0.25, -0.2) is 4.31 Å². The molecule has 0 atom stereocenters. The summed E-state index contributed by atoms with van der Waals surface area (Å²) in [6.07, 6.45) is 7.34. The normalized spacial score (nSPS) is 11.2. The molecule has 2 rings (SSSR count). The number of rotatable bonds is 11. The second-order valence-corrected chi connectivity index (χ2v) is 7.65. The van der Waals surface area contributed by atoms with Gasteiger partial charge in [-0.3, -0.25) is 0 Å². The van der Waals surface area contributed by atoms with E-state index < -0.39 is 0 Å². The molecule has 0 amide bonds. The zero-order valence-corrected chi connectivity index (χ0v) is 16.6. The van der Waals surface area contributed by atoms with Crippen molar-refractivity contribution in [3.63, 3.8) is 0 Å². The molecule has 136 valence electrons. The third-order valence-electron chi connectivity index (χ3n) is 4.45. The summed E-state index contributed by atoms with van der Waals surface area (Å²) < 4.78 is 7.17.